The molecule has 0 saturated carbocycles. The van der Waals surface area contributed by atoms with Crippen LogP contribution in [0.3, 0.4) is 0 Å². The number of carbonyl (C=O) groups is 2. The number of carbonyl (C=O) groups excluding carboxylic acids is 2. The molecule has 1 aromatic rings. The normalized spacial score (nSPS) is 25.5. The molecule has 0 spiro atoms. The van der Waals surface area contributed by atoms with Crippen LogP contribution in [0.2, 0.25) is 0 Å². The van der Waals surface area contributed by atoms with Gasteiger partial charge in [-0.25, -0.2) is 4.39 Å². The smallest absolute Gasteiger partial charge is 0.237 e. The van der Waals surface area contributed by atoms with E-state index in [0.29, 0.717) is 0 Å². The summed E-state index contributed by atoms with van der Waals surface area (Å²) in [6, 6.07) is 6.03. The summed E-state index contributed by atoms with van der Waals surface area (Å²) < 4.78 is 13.5. The van der Waals surface area contributed by atoms with Crippen molar-refractivity contribution in [1.82, 2.24) is 5.32 Å². The van der Waals surface area contributed by atoms with Gasteiger partial charge in [0.15, 0.2) is 0 Å². The fourth-order valence-electron chi connectivity index (χ4n) is 1.84. The second-order valence-electron chi connectivity index (χ2n) is 3.87. The maximum absolute atomic E-state index is 13.5. The quantitative estimate of drug-likeness (QED) is 0.701. The summed E-state index contributed by atoms with van der Waals surface area (Å²) in [6.45, 7) is 1.58. The highest BCUT2D eigenvalue weighted by atomic mass is 19.1. The van der Waals surface area contributed by atoms with E-state index in [9.17, 15) is 14.0 Å². The second-order valence-corrected chi connectivity index (χ2v) is 3.87. The van der Waals surface area contributed by atoms with E-state index in [4.69, 9.17) is 0 Å². The highest BCUT2D eigenvalue weighted by Gasteiger charge is 2.45. The van der Waals surface area contributed by atoms with Crippen molar-refractivity contribution < 1.29 is 14.0 Å². The van der Waals surface area contributed by atoms with Crippen molar-refractivity contribution in [2.75, 3.05) is 0 Å². The summed E-state index contributed by atoms with van der Waals surface area (Å²) in [4.78, 5) is 22.7. The molecule has 0 aliphatic carbocycles. The molecule has 4 heteroatoms. The lowest BCUT2D eigenvalue weighted by molar-refractivity contribution is -0.126. The van der Waals surface area contributed by atoms with Gasteiger partial charge in [0.25, 0.3) is 0 Å². The molecule has 1 aliphatic heterocycles. The summed E-state index contributed by atoms with van der Waals surface area (Å²) in [5.41, 5.74) is -0.795. The van der Waals surface area contributed by atoms with Crippen molar-refractivity contribution in [2.45, 2.75) is 18.8 Å². The largest absolute Gasteiger partial charge is 0.296 e. The van der Waals surface area contributed by atoms with Crippen molar-refractivity contribution in [2.24, 2.45) is 0 Å². The van der Waals surface area contributed by atoms with Crippen molar-refractivity contribution >= 4 is 11.8 Å². The standard InChI is InChI=1S/C11H10FNO2/c1-11(6-9(14)13-10(11)15)7-4-2-3-5-8(7)12/h2-5H,6H2,1H3,(H,13,14,15). The van der Waals surface area contributed by atoms with Gasteiger partial charge in [-0.3, -0.25) is 14.9 Å². The van der Waals surface area contributed by atoms with Gasteiger partial charge in [0.1, 0.15) is 5.82 Å². The van der Waals surface area contributed by atoms with Gasteiger partial charge < -0.3 is 0 Å². The molecular formula is C11H10FNO2. The molecule has 78 valence electrons. The zero-order valence-electron chi connectivity index (χ0n) is 8.21. The Morgan fingerprint density at radius 2 is 2.00 bits per heavy atom. The predicted molar refractivity (Wildman–Crippen MR) is 51.5 cm³/mol. The first-order chi connectivity index (χ1) is 7.04. The van der Waals surface area contributed by atoms with E-state index in [1.54, 1.807) is 19.1 Å². The Kier molecular flexibility index (Phi) is 2.07. The molecule has 1 fully saturated rings. The van der Waals surface area contributed by atoms with Gasteiger partial charge in [0, 0.05) is 12.0 Å². The maximum Gasteiger partial charge on any atom is 0.237 e. The summed E-state index contributed by atoms with van der Waals surface area (Å²) in [6.07, 6.45) is 0.00671. The van der Waals surface area contributed by atoms with Gasteiger partial charge in [-0.1, -0.05) is 18.2 Å². The maximum atomic E-state index is 13.5. The number of nitrogens with one attached hydrogen (secondary N) is 1. The van der Waals surface area contributed by atoms with Gasteiger partial charge in [-0.05, 0) is 13.0 Å². The number of hydrogen-bond donors (Lipinski definition) is 1. The predicted octanol–water partition coefficient (Wildman–Crippen LogP) is 1.13. The third-order valence-corrected chi connectivity index (χ3v) is 2.74. The van der Waals surface area contributed by atoms with Crippen LogP contribution in [0, 0.1) is 5.82 Å². The van der Waals surface area contributed by atoms with Crippen LogP contribution in [0.4, 0.5) is 4.39 Å². The van der Waals surface area contributed by atoms with E-state index in [1.807, 2.05) is 0 Å². The van der Waals surface area contributed by atoms with Gasteiger partial charge in [-0.15, -0.1) is 0 Å². The highest BCUT2D eigenvalue weighted by Crippen LogP contribution is 2.33. The summed E-state index contributed by atoms with van der Waals surface area (Å²) in [5, 5.41) is 2.19. The fraction of sp³-hybridized carbons (Fsp3) is 0.273. The van der Waals surface area contributed by atoms with Crippen LogP contribution in [0.15, 0.2) is 24.3 Å². The van der Waals surface area contributed by atoms with Gasteiger partial charge >= 0.3 is 0 Å². The van der Waals surface area contributed by atoms with E-state index in [0.717, 1.165) is 0 Å². The molecule has 1 aliphatic rings. The van der Waals surface area contributed by atoms with E-state index >= 15 is 0 Å². The highest BCUT2D eigenvalue weighted by molar-refractivity contribution is 6.08. The molecular weight excluding hydrogens is 197 g/mol. The number of hydrogen-bond acceptors (Lipinski definition) is 2. The van der Waals surface area contributed by atoms with Crippen LogP contribution >= 0.6 is 0 Å². The molecule has 0 radical (unpaired) electrons. The minimum Gasteiger partial charge on any atom is -0.296 e. The van der Waals surface area contributed by atoms with E-state index in [1.165, 1.54) is 12.1 Å². The molecule has 1 aromatic carbocycles. The van der Waals surface area contributed by atoms with Crippen molar-refractivity contribution in [3.63, 3.8) is 0 Å². The molecule has 1 atom stereocenters. The molecule has 1 N–H and O–H groups in total. The minimum atomic E-state index is -1.07. The van der Waals surface area contributed by atoms with Crippen molar-refractivity contribution in [3.05, 3.63) is 35.6 Å². The molecule has 0 aromatic heterocycles. The Bertz CT molecular complexity index is 444. The van der Waals surface area contributed by atoms with Gasteiger partial charge in [0.05, 0.1) is 5.41 Å². The number of rotatable bonds is 1. The molecule has 2 amide bonds. The molecule has 15 heavy (non-hydrogen) atoms. The van der Waals surface area contributed by atoms with Crippen LogP contribution in [0.25, 0.3) is 0 Å². The van der Waals surface area contributed by atoms with Crippen LogP contribution in [-0.2, 0) is 15.0 Å². The molecule has 3 nitrogen and oxygen atoms in total. The summed E-state index contributed by atoms with van der Waals surface area (Å²) in [7, 11) is 0. The Balaban J connectivity index is 2.51. The monoisotopic (exact) mass is 207 g/mol. The second kappa shape index (κ2) is 3.15. The molecule has 1 saturated heterocycles. The Morgan fingerprint density at radius 3 is 2.53 bits per heavy atom. The average molecular weight is 207 g/mol. The Hall–Kier alpha value is -1.71. The number of benzene rings is 1. The van der Waals surface area contributed by atoms with E-state index < -0.39 is 17.1 Å². The van der Waals surface area contributed by atoms with Gasteiger partial charge in [-0.2, -0.15) is 0 Å². The molecule has 2 rings (SSSR count). The lowest BCUT2D eigenvalue weighted by Crippen LogP contribution is -2.33. The zero-order valence-corrected chi connectivity index (χ0v) is 8.21. The number of halogens is 1. The lowest BCUT2D eigenvalue weighted by Gasteiger charge is -2.20. The summed E-state index contributed by atoms with van der Waals surface area (Å²) in [5.74, 6) is -1.24. The van der Waals surface area contributed by atoms with Crippen LogP contribution in [0.5, 0.6) is 0 Å². The average Bonchev–Trinajstić information content (AvgIpc) is 2.42. The van der Waals surface area contributed by atoms with Gasteiger partial charge in [0.2, 0.25) is 11.8 Å². The fourth-order valence-corrected chi connectivity index (χ4v) is 1.84. The van der Waals surface area contributed by atoms with Crippen LogP contribution < -0.4 is 5.32 Å². The van der Waals surface area contributed by atoms with Crippen LogP contribution in [-0.4, -0.2) is 11.8 Å². The first-order valence-electron chi connectivity index (χ1n) is 4.63. The number of amides is 2. The molecule has 1 unspecified atom stereocenters. The zero-order chi connectivity index (χ0) is 11.1. The topological polar surface area (TPSA) is 46.2 Å². The van der Waals surface area contributed by atoms with E-state index in [2.05, 4.69) is 5.32 Å². The Labute approximate surface area is 86.3 Å². The van der Waals surface area contributed by atoms with E-state index in [-0.39, 0.29) is 17.9 Å². The first-order valence-corrected chi connectivity index (χ1v) is 4.63. The summed E-state index contributed by atoms with van der Waals surface area (Å²) >= 11 is 0. The van der Waals surface area contributed by atoms with Crippen molar-refractivity contribution in [1.29, 1.82) is 0 Å². The minimum absolute atomic E-state index is 0.00671. The molecule has 0 bridgehead atoms. The molecule has 1 heterocycles. The Morgan fingerprint density at radius 1 is 1.33 bits per heavy atom. The third kappa shape index (κ3) is 1.42. The van der Waals surface area contributed by atoms with Crippen LogP contribution in [0.1, 0.15) is 18.9 Å². The first kappa shape index (κ1) is 9.83. The lowest BCUT2D eigenvalue weighted by atomic mass is 9.81. The number of imide groups is 1. The SMILES string of the molecule is CC1(c2ccccc2F)CC(=O)NC1=O. The van der Waals surface area contributed by atoms with Crippen molar-refractivity contribution in [3.8, 4) is 0 Å². The third-order valence-electron chi connectivity index (χ3n) is 2.74.